The highest BCUT2D eigenvalue weighted by molar-refractivity contribution is 5.13. The molecule has 0 amide bonds. The Hall–Kier alpha value is -0.930. The molecular weight excluding hydrogens is 176 g/mol. The predicted octanol–water partition coefficient (Wildman–Crippen LogP) is 1.47. The highest BCUT2D eigenvalue weighted by Crippen LogP contribution is 2.20. The Kier molecular flexibility index (Phi) is 3.11. The van der Waals surface area contributed by atoms with Gasteiger partial charge in [0.05, 0.1) is 12.7 Å². The van der Waals surface area contributed by atoms with Crippen molar-refractivity contribution in [2.75, 3.05) is 26.2 Å². The van der Waals surface area contributed by atoms with Gasteiger partial charge >= 0.3 is 0 Å². The van der Waals surface area contributed by atoms with Crippen molar-refractivity contribution in [1.29, 1.82) is 0 Å². The number of hydrogen-bond donors (Lipinski definition) is 0. The summed E-state index contributed by atoms with van der Waals surface area (Å²) in [5, 5.41) is 0. The fraction of sp³-hybridized carbons (Fsp3) is 0.545. The second-order valence-corrected chi connectivity index (χ2v) is 3.54. The van der Waals surface area contributed by atoms with Gasteiger partial charge in [-0.2, -0.15) is 0 Å². The van der Waals surface area contributed by atoms with Gasteiger partial charge in [-0.05, 0) is 12.6 Å². The van der Waals surface area contributed by atoms with Crippen LogP contribution in [0.3, 0.4) is 0 Å². The summed E-state index contributed by atoms with van der Waals surface area (Å²) in [6.07, 6.45) is 3.89. The molecule has 0 N–H and O–H groups in total. The van der Waals surface area contributed by atoms with Crippen molar-refractivity contribution in [3.8, 4) is 0 Å². The van der Waals surface area contributed by atoms with Gasteiger partial charge in [0.1, 0.15) is 0 Å². The van der Waals surface area contributed by atoms with E-state index in [0.29, 0.717) is 0 Å². The zero-order chi connectivity index (χ0) is 9.80. The zero-order valence-electron chi connectivity index (χ0n) is 8.52. The molecule has 1 saturated heterocycles. The molecule has 1 unspecified atom stereocenters. The second kappa shape index (κ2) is 4.53. The zero-order valence-corrected chi connectivity index (χ0v) is 8.52. The van der Waals surface area contributed by atoms with Gasteiger partial charge in [0.15, 0.2) is 0 Å². The summed E-state index contributed by atoms with van der Waals surface area (Å²) < 4.78 is 5.71. The maximum absolute atomic E-state index is 5.71. The van der Waals surface area contributed by atoms with E-state index in [1.807, 2.05) is 12.3 Å². The molecular formula is C11H16N2O. The topological polar surface area (TPSA) is 25.4 Å². The third-order valence-electron chi connectivity index (χ3n) is 2.65. The fourth-order valence-corrected chi connectivity index (χ4v) is 1.76. The maximum Gasteiger partial charge on any atom is 0.0967 e. The molecule has 0 aromatic carbocycles. The van der Waals surface area contributed by atoms with E-state index < -0.39 is 0 Å². The lowest BCUT2D eigenvalue weighted by atomic mass is 10.1. The van der Waals surface area contributed by atoms with E-state index in [1.54, 1.807) is 6.20 Å². The third kappa shape index (κ3) is 2.11. The van der Waals surface area contributed by atoms with E-state index in [9.17, 15) is 0 Å². The Balaban J connectivity index is 2.04. The van der Waals surface area contributed by atoms with Crippen LogP contribution in [0.2, 0.25) is 0 Å². The van der Waals surface area contributed by atoms with E-state index in [0.717, 1.165) is 26.2 Å². The largest absolute Gasteiger partial charge is 0.371 e. The smallest absolute Gasteiger partial charge is 0.0967 e. The summed E-state index contributed by atoms with van der Waals surface area (Å²) in [6, 6.07) is 4.04. The van der Waals surface area contributed by atoms with E-state index in [2.05, 4.69) is 22.9 Å². The Morgan fingerprint density at radius 1 is 1.64 bits per heavy atom. The van der Waals surface area contributed by atoms with Crippen LogP contribution in [-0.2, 0) is 4.74 Å². The van der Waals surface area contributed by atoms with E-state index in [4.69, 9.17) is 4.74 Å². The summed E-state index contributed by atoms with van der Waals surface area (Å²) in [5.74, 6) is 0. The molecule has 1 aromatic rings. The predicted molar refractivity (Wildman–Crippen MR) is 55.0 cm³/mol. The normalized spacial score (nSPS) is 23.6. The molecule has 1 atom stereocenters. The standard InChI is InChI=1S/C11H16N2O/c1-2-13-6-7-14-11(9-13)10-4-3-5-12-8-10/h3-5,8,11H,2,6-7,9H2,1H3. The van der Waals surface area contributed by atoms with Crippen LogP contribution in [0.4, 0.5) is 0 Å². The lowest BCUT2D eigenvalue weighted by molar-refractivity contribution is -0.0283. The van der Waals surface area contributed by atoms with Crippen molar-refractivity contribution < 1.29 is 4.74 Å². The molecule has 1 fully saturated rings. The monoisotopic (exact) mass is 192 g/mol. The molecule has 3 nitrogen and oxygen atoms in total. The van der Waals surface area contributed by atoms with Gasteiger partial charge in [-0.25, -0.2) is 0 Å². The van der Waals surface area contributed by atoms with Crippen LogP contribution >= 0.6 is 0 Å². The lowest BCUT2D eigenvalue weighted by Crippen LogP contribution is -2.38. The maximum atomic E-state index is 5.71. The molecule has 14 heavy (non-hydrogen) atoms. The van der Waals surface area contributed by atoms with Crippen molar-refractivity contribution in [3.05, 3.63) is 30.1 Å². The average molecular weight is 192 g/mol. The Morgan fingerprint density at radius 3 is 3.29 bits per heavy atom. The first-order chi connectivity index (χ1) is 6.90. The minimum atomic E-state index is 0.206. The summed E-state index contributed by atoms with van der Waals surface area (Å²) in [4.78, 5) is 6.52. The van der Waals surface area contributed by atoms with Crippen LogP contribution < -0.4 is 0 Å². The molecule has 1 aliphatic rings. The molecule has 0 saturated carbocycles. The average Bonchev–Trinajstić information content (AvgIpc) is 2.30. The Morgan fingerprint density at radius 2 is 2.57 bits per heavy atom. The first kappa shape index (κ1) is 9.62. The summed E-state index contributed by atoms with van der Waals surface area (Å²) in [5.41, 5.74) is 1.19. The minimum Gasteiger partial charge on any atom is -0.371 e. The van der Waals surface area contributed by atoms with Crippen molar-refractivity contribution >= 4 is 0 Å². The van der Waals surface area contributed by atoms with Crippen LogP contribution in [0, 0.1) is 0 Å². The van der Waals surface area contributed by atoms with E-state index in [1.165, 1.54) is 5.56 Å². The fourth-order valence-electron chi connectivity index (χ4n) is 1.76. The van der Waals surface area contributed by atoms with Crippen LogP contribution in [0.25, 0.3) is 0 Å². The van der Waals surface area contributed by atoms with Gasteiger partial charge in [0.2, 0.25) is 0 Å². The molecule has 0 spiro atoms. The van der Waals surface area contributed by atoms with Gasteiger partial charge in [-0.1, -0.05) is 13.0 Å². The highest BCUT2D eigenvalue weighted by atomic mass is 16.5. The number of ether oxygens (including phenoxy) is 1. The van der Waals surface area contributed by atoms with Gasteiger partial charge in [0, 0.05) is 31.0 Å². The van der Waals surface area contributed by atoms with Crippen molar-refractivity contribution in [3.63, 3.8) is 0 Å². The van der Waals surface area contributed by atoms with E-state index in [-0.39, 0.29) is 6.10 Å². The first-order valence-corrected chi connectivity index (χ1v) is 5.14. The van der Waals surface area contributed by atoms with Crippen molar-refractivity contribution in [1.82, 2.24) is 9.88 Å². The number of rotatable bonds is 2. The quantitative estimate of drug-likeness (QED) is 0.709. The number of morpholine rings is 1. The number of pyridine rings is 1. The molecule has 2 heterocycles. The Labute approximate surface area is 84.7 Å². The molecule has 1 aromatic heterocycles. The number of nitrogens with zero attached hydrogens (tertiary/aromatic N) is 2. The number of hydrogen-bond acceptors (Lipinski definition) is 3. The van der Waals surface area contributed by atoms with Gasteiger partial charge in [-0.15, -0.1) is 0 Å². The third-order valence-corrected chi connectivity index (χ3v) is 2.65. The summed E-state index contributed by atoms with van der Waals surface area (Å²) >= 11 is 0. The number of likely N-dealkylation sites (N-methyl/N-ethyl adjacent to an activating group) is 1. The van der Waals surface area contributed by atoms with Crippen LogP contribution in [0.1, 0.15) is 18.6 Å². The van der Waals surface area contributed by atoms with Crippen LogP contribution in [0.5, 0.6) is 0 Å². The van der Waals surface area contributed by atoms with Crippen LogP contribution in [0.15, 0.2) is 24.5 Å². The Bertz CT molecular complexity index is 276. The molecule has 1 aliphatic heterocycles. The molecule has 3 heteroatoms. The molecule has 0 aliphatic carbocycles. The van der Waals surface area contributed by atoms with Gasteiger partial charge < -0.3 is 4.74 Å². The molecule has 76 valence electrons. The highest BCUT2D eigenvalue weighted by Gasteiger charge is 2.20. The summed E-state index contributed by atoms with van der Waals surface area (Å²) in [6.45, 7) is 6.15. The van der Waals surface area contributed by atoms with Gasteiger partial charge in [-0.3, -0.25) is 9.88 Å². The molecule has 0 radical (unpaired) electrons. The minimum absolute atomic E-state index is 0.206. The van der Waals surface area contributed by atoms with E-state index >= 15 is 0 Å². The van der Waals surface area contributed by atoms with Gasteiger partial charge in [0.25, 0.3) is 0 Å². The molecule has 0 bridgehead atoms. The second-order valence-electron chi connectivity index (χ2n) is 3.54. The molecule has 2 rings (SSSR count). The number of aromatic nitrogens is 1. The van der Waals surface area contributed by atoms with Crippen molar-refractivity contribution in [2.24, 2.45) is 0 Å². The van der Waals surface area contributed by atoms with Crippen LogP contribution in [-0.4, -0.2) is 36.1 Å². The van der Waals surface area contributed by atoms with Crippen molar-refractivity contribution in [2.45, 2.75) is 13.0 Å². The lowest BCUT2D eigenvalue weighted by Gasteiger charge is -2.32. The first-order valence-electron chi connectivity index (χ1n) is 5.14. The SMILES string of the molecule is CCN1CCOC(c2cccnc2)C1. The summed E-state index contributed by atoms with van der Waals surface area (Å²) in [7, 11) is 0.